The molecule has 0 saturated carbocycles. The van der Waals surface area contributed by atoms with Crippen LogP contribution in [0.3, 0.4) is 0 Å². The summed E-state index contributed by atoms with van der Waals surface area (Å²) >= 11 is 3.48. The molecule has 6 rings (SSSR count). The largest absolute Gasteiger partial charge is 0.462 e. The van der Waals surface area contributed by atoms with Crippen LogP contribution in [0.5, 0.6) is 0 Å². The Hall–Kier alpha value is -3.95. The number of ether oxygens (including phenoxy) is 2. The normalized spacial score (nSPS) is 23.2. The lowest BCUT2D eigenvalue weighted by Crippen LogP contribution is -2.51. The summed E-state index contributed by atoms with van der Waals surface area (Å²) in [5.74, 6) is -5.54. The molecular formula is C29H20BrNO7. The smallest absolute Gasteiger partial charge is 0.338 e. The van der Waals surface area contributed by atoms with Gasteiger partial charge in [0, 0.05) is 15.6 Å². The molecule has 38 heavy (non-hydrogen) atoms. The molecule has 8 nitrogen and oxygen atoms in total. The number of nitrogens with zero attached hydrogens (tertiary/aromatic N) is 1. The average Bonchev–Trinajstić information content (AvgIpc) is 3.49. The first-order valence-electron chi connectivity index (χ1n) is 12.1. The molecule has 1 spiro atoms. The van der Waals surface area contributed by atoms with Gasteiger partial charge >= 0.3 is 5.97 Å². The molecule has 3 atom stereocenters. The van der Waals surface area contributed by atoms with Crippen LogP contribution in [0.15, 0.2) is 77.3 Å². The Morgan fingerprint density at radius 1 is 0.895 bits per heavy atom. The quantitative estimate of drug-likeness (QED) is 0.260. The van der Waals surface area contributed by atoms with Crippen molar-refractivity contribution in [2.75, 3.05) is 11.5 Å². The molecule has 0 bridgehead atoms. The van der Waals surface area contributed by atoms with Gasteiger partial charge in [0.15, 0.2) is 0 Å². The number of benzene rings is 3. The van der Waals surface area contributed by atoms with Gasteiger partial charge in [-0.3, -0.25) is 19.2 Å². The van der Waals surface area contributed by atoms with Gasteiger partial charge in [-0.15, -0.1) is 0 Å². The molecule has 2 fully saturated rings. The van der Waals surface area contributed by atoms with E-state index in [0.717, 1.165) is 4.90 Å². The molecular weight excluding hydrogens is 554 g/mol. The van der Waals surface area contributed by atoms with Crippen LogP contribution in [0.2, 0.25) is 0 Å². The Labute approximate surface area is 225 Å². The Kier molecular flexibility index (Phi) is 5.66. The summed E-state index contributed by atoms with van der Waals surface area (Å²) in [6.45, 7) is 1.89. The molecule has 0 unspecified atom stereocenters. The molecule has 2 saturated heterocycles. The monoisotopic (exact) mass is 573 g/mol. The van der Waals surface area contributed by atoms with E-state index in [4.69, 9.17) is 9.47 Å². The first-order valence-corrected chi connectivity index (χ1v) is 12.9. The number of carbonyl (C=O) groups excluding carboxylic acids is 5. The molecule has 2 amide bonds. The Morgan fingerprint density at radius 2 is 1.50 bits per heavy atom. The lowest BCUT2D eigenvalue weighted by atomic mass is 9.77. The molecule has 2 aliphatic heterocycles. The van der Waals surface area contributed by atoms with Gasteiger partial charge in [0.05, 0.1) is 35.8 Å². The zero-order chi connectivity index (χ0) is 26.8. The molecule has 1 aliphatic carbocycles. The zero-order valence-corrected chi connectivity index (χ0v) is 21.6. The third kappa shape index (κ3) is 3.21. The minimum absolute atomic E-state index is 0.168. The van der Waals surface area contributed by atoms with Crippen molar-refractivity contribution in [3.05, 3.63) is 99.5 Å². The summed E-state index contributed by atoms with van der Waals surface area (Å²) in [7, 11) is 0. The van der Waals surface area contributed by atoms with E-state index in [1.165, 1.54) is 36.4 Å². The lowest BCUT2D eigenvalue weighted by molar-refractivity contribution is -0.127. The Morgan fingerprint density at radius 3 is 2.11 bits per heavy atom. The number of imide groups is 1. The van der Waals surface area contributed by atoms with Gasteiger partial charge in [-0.25, -0.2) is 9.69 Å². The van der Waals surface area contributed by atoms with Crippen molar-refractivity contribution in [3.8, 4) is 0 Å². The van der Waals surface area contributed by atoms with Crippen LogP contribution in [-0.4, -0.2) is 41.6 Å². The number of anilines is 1. The van der Waals surface area contributed by atoms with Crippen LogP contribution in [0.25, 0.3) is 0 Å². The van der Waals surface area contributed by atoms with E-state index in [2.05, 4.69) is 15.9 Å². The zero-order valence-electron chi connectivity index (χ0n) is 20.1. The van der Waals surface area contributed by atoms with Gasteiger partial charge in [0.1, 0.15) is 0 Å². The number of carbonyl (C=O) groups is 5. The SMILES string of the molecule is CCOC(=O)c1ccc(N2C(=O)[C@@H]3[C@@H](C2=O)C2(O[C@H]3c3ccccc3Br)C(=O)c3ccccc3C2=O)cc1. The van der Waals surface area contributed by atoms with Crippen molar-refractivity contribution in [1.29, 1.82) is 0 Å². The summed E-state index contributed by atoms with van der Waals surface area (Å²) < 4.78 is 11.9. The number of rotatable bonds is 4. The maximum Gasteiger partial charge on any atom is 0.338 e. The fourth-order valence-corrected chi connectivity index (χ4v) is 6.23. The Bertz CT molecular complexity index is 1510. The van der Waals surface area contributed by atoms with E-state index >= 15 is 0 Å². The molecule has 9 heteroatoms. The number of hydrogen-bond acceptors (Lipinski definition) is 7. The van der Waals surface area contributed by atoms with Crippen LogP contribution in [-0.2, 0) is 19.1 Å². The van der Waals surface area contributed by atoms with Crippen molar-refractivity contribution in [3.63, 3.8) is 0 Å². The highest BCUT2D eigenvalue weighted by atomic mass is 79.9. The molecule has 3 aliphatic rings. The van der Waals surface area contributed by atoms with Crippen molar-refractivity contribution >= 4 is 51.0 Å². The number of hydrogen-bond donors (Lipinski definition) is 0. The maximum atomic E-state index is 14.0. The molecule has 2 heterocycles. The highest BCUT2D eigenvalue weighted by Crippen LogP contribution is 2.58. The van der Waals surface area contributed by atoms with E-state index in [9.17, 15) is 24.0 Å². The highest BCUT2D eigenvalue weighted by Gasteiger charge is 2.74. The molecule has 3 aromatic rings. The minimum Gasteiger partial charge on any atom is -0.462 e. The van der Waals surface area contributed by atoms with Crippen molar-refractivity contribution in [2.24, 2.45) is 11.8 Å². The van der Waals surface area contributed by atoms with Gasteiger partial charge in [0.2, 0.25) is 29.0 Å². The summed E-state index contributed by atoms with van der Waals surface area (Å²) in [6, 6.07) is 19.2. The topological polar surface area (TPSA) is 107 Å². The second kappa shape index (κ2) is 8.82. The number of fused-ring (bicyclic) bond motifs is 3. The van der Waals surface area contributed by atoms with Crippen LogP contribution in [0.1, 0.15) is 49.7 Å². The minimum atomic E-state index is -2.15. The number of amides is 2. The van der Waals surface area contributed by atoms with E-state index in [0.29, 0.717) is 10.0 Å². The van der Waals surface area contributed by atoms with Crippen molar-refractivity contribution < 1.29 is 33.4 Å². The Balaban J connectivity index is 1.48. The van der Waals surface area contributed by atoms with E-state index in [-0.39, 0.29) is 29.0 Å². The molecule has 0 radical (unpaired) electrons. The molecule has 3 aromatic carbocycles. The van der Waals surface area contributed by atoms with Gasteiger partial charge in [0.25, 0.3) is 0 Å². The molecule has 0 aromatic heterocycles. The van der Waals surface area contributed by atoms with Gasteiger partial charge < -0.3 is 9.47 Å². The van der Waals surface area contributed by atoms with E-state index in [1.54, 1.807) is 43.3 Å². The average molecular weight is 574 g/mol. The molecule has 190 valence electrons. The first kappa shape index (κ1) is 24.4. The predicted molar refractivity (Wildman–Crippen MR) is 138 cm³/mol. The van der Waals surface area contributed by atoms with Crippen molar-refractivity contribution in [2.45, 2.75) is 18.6 Å². The van der Waals surface area contributed by atoms with Crippen molar-refractivity contribution in [1.82, 2.24) is 0 Å². The summed E-state index contributed by atoms with van der Waals surface area (Å²) in [5, 5.41) is 0. The summed E-state index contributed by atoms with van der Waals surface area (Å²) in [4.78, 5) is 68.6. The van der Waals surface area contributed by atoms with Crippen LogP contribution in [0.4, 0.5) is 5.69 Å². The summed E-state index contributed by atoms with van der Waals surface area (Å²) in [6.07, 6.45) is -1.03. The van der Waals surface area contributed by atoms with Crippen LogP contribution in [0, 0.1) is 11.8 Å². The second-order valence-electron chi connectivity index (χ2n) is 9.28. The van der Waals surface area contributed by atoms with Gasteiger partial charge in [-0.2, -0.15) is 0 Å². The molecule has 0 N–H and O–H groups in total. The summed E-state index contributed by atoms with van der Waals surface area (Å²) in [5.41, 5.74) is -0.781. The number of esters is 1. The third-order valence-electron chi connectivity index (χ3n) is 7.37. The fraction of sp³-hybridized carbons (Fsp3) is 0.207. The predicted octanol–water partition coefficient (Wildman–Crippen LogP) is 4.32. The maximum absolute atomic E-state index is 14.0. The lowest BCUT2D eigenvalue weighted by Gasteiger charge is -2.27. The van der Waals surface area contributed by atoms with E-state index < -0.39 is 52.9 Å². The highest BCUT2D eigenvalue weighted by molar-refractivity contribution is 9.10. The number of ketones is 2. The second-order valence-corrected chi connectivity index (χ2v) is 10.1. The van der Waals surface area contributed by atoms with Gasteiger partial charge in [-0.1, -0.05) is 58.4 Å². The number of Topliss-reactive ketones (excluding diaryl/α,β-unsaturated/α-hetero) is 2. The fourth-order valence-electron chi connectivity index (χ4n) is 5.72. The number of halogens is 1. The van der Waals surface area contributed by atoms with Crippen LogP contribution >= 0.6 is 15.9 Å². The van der Waals surface area contributed by atoms with Gasteiger partial charge in [-0.05, 0) is 42.8 Å². The first-order chi connectivity index (χ1) is 18.3. The standard InChI is InChI=1S/C29H20BrNO7/c1-2-37-28(36)15-11-13-16(14-12-15)31-26(34)21-22(27(31)35)29(38-23(21)19-9-5-6-10-20(19)30)24(32)17-7-3-4-8-18(17)25(29)33/h3-14,21-23H,2H2,1H3/t21-,22+,23+/m1/s1. The third-order valence-corrected chi connectivity index (χ3v) is 8.09. The van der Waals surface area contributed by atoms with Crippen LogP contribution < -0.4 is 4.90 Å². The van der Waals surface area contributed by atoms with E-state index in [1.807, 2.05) is 0 Å².